The van der Waals surface area contributed by atoms with Crippen molar-refractivity contribution in [1.82, 2.24) is 9.78 Å². The summed E-state index contributed by atoms with van der Waals surface area (Å²) in [6.45, 7) is 0.299. The molecular formula is C11H13ClN4O2S. The van der Waals surface area contributed by atoms with Gasteiger partial charge in [0.1, 0.15) is 4.90 Å². The van der Waals surface area contributed by atoms with Crippen molar-refractivity contribution in [2.75, 3.05) is 4.72 Å². The van der Waals surface area contributed by atoms with Crippen molar-refractivity contribution in [3.05, 3.63) is 41.0 Å². The predicted octanol–water partition coefficient (Wildman–Crippen LogP) is 1.33. The first-order valence-electron chi connectivity index (χ1n) is 5.43. The van der Waals surface area contributed by atoms with E-state index in [-0.39, 0.29) is 15.7 Å². The van der Waals surface area contributed by atoms with Crippen molar-refractivity contribution >= 4 is 27.4 Å². The highest BCUT2D eigenvalue weighted by molar-refractivity contribution is 7.92. The Balaban J connectivity index is 2.34. The highest BCUT2D eigenvalue weighted by Gasteiger charge is 2.19. The molecule has 0 saturated heterocycles. The number of hydrogen-bond donors (Lipinski definition) is 2. The maximum Gasteiger partial charge on any atom is 0.264 e. The van der Waals surface area contributed by atoms with Crippen LogP contribution in [0, 0.1) is 0 Å². The van der Waals surface area contributed by atoms with Gasteiger partial charge in [-0.2, -0.15) is 5.10 Å². The first kappa shape index (κ1) is 13.9. The summed E-state index contributed by atoms with van der Waals surface area (Å²) in [4.78, 5) is -0.00276. The van der Waals surface area contributed by atoms with Gasteiger partial charge in [0.15, 0.2) is 5.82 Å². The monoisotopic (exact) mass is 300 g/mol. The number of aryl methyl sites for hydroxylation is 1. The molecule has 0 aliphatic carbocycles. The lowest BCUT2D eigenvalue weighted by Crippen LogP contribution is -2.14. The van der Waals surface area contributed by atoms with Gasteiger partial charge < -0.3 is 5.73 Å². The topological polar surface area (TPSA) is 90.0 Å². The van der Waals surface area contributed by atoms with E-state index in [1.165, 1.54) is 16.8 Å². The van der Waals surface area contributed by atoms with E-state index < -0.39 is 10.0 Å². The Bertz CT molecular complexity index is 696. The number of rotatable bonds is 4. The van der Waals surface area contributed by atoms with Crippen LogP contribution in [0.3, 0.4) is 0 Å². The van der Waals surface area contributed by atoms with Crippen molar-refractivity contribution in [1.29, 1.82) is 0 Å². The minimum absolute atomic E-state index is 0.00276. The van der Waals surface area contributed by atoms with Crippen molar-refractivity contribution in [2.24, 2.45) is 12.8 Å². The lowest BCUT2D eigenvalue weighted by atomic mass is 10.2. The van der Waals surface area contributed by atoms with Gasteiger partial charge in [0.2, 0.25) is 0 Å². The maximum absolute atomic E-state index is 12.2. The Hall–Kier alpha value is -1.57. The van der Waals surface area contributed by atoms with Crippen LogP contribution in [0.4, 0.5) is 5.82 Å². The molecule has 0 amide bonds. The number of sulfonamides is 1. The summed E-state index contributed by atoms with van der Waals surface area (Å²) in [5, 5.41) is 4.08. The molecule has 102 valence electrons. The molecule has 0 spiro atoms. The summed E-state index contributed by atoms with van der Waals surface area (Å²) in [6, 6.07) is 6.14. The maximum atomic E-state index is 12.2. The number of anilines is 1. The van der Waals surface area contributed by atoms with Gasteiger partial charge in [0.05, 0.1) is 5.02 Å². The van der Waals surface area contributed by atoms with Gasteiger partial charge in [-0.1, -0.05) is 17.7 Å². The fourth-order valence-corrected chi connectivity index (χ4v) is 3.12. The van der Waals surface area contributed by atoms with Gasteiger partial charge in [-0.25, -0.2) is 8.42 Å². The molecular weight excluding hydrogens is 288 g/mol. The molecule has 8 heteroatoms. The van der Waals surface area contributed by atoms with Crippen LogP contribution < -0.4 is 10.5 Å². The second kappa shape index (κ2) is 5.20. The van der Waals surface area contributed by atoms with Gasteiger partial charge >= 0.3 is 0 Å². The SMILES string of the molecule is Cn1ccc(NS(=O)(=O)c2ccc(CN)cc2Cl)n1. The van der Waals surface area contributed by atoms with E-state index in [0.717, 1.165) is 5.56 Å². The van der Waals surface area contributed by atoms with E-state index in [9.17, 15) is 8.42 Å². The van der Waals surface area contributed by atoms with Crippen molar-refractivity contribution in [3.8, 4) is 0 Å². The molecule has 2 rings (SSSR count). The molecule has 6 nitrogen and oxygen atoms in total. The molecule has 0 unspecified atom stereocenters. The van der Waals surface area contributed by atoms with Gasteiger partial charge in [0, 0.05) is 25.9 Å². The van der Waals surface area contributed by atoms with E-state index in [2.05, 4.69) is 9.82 Å². The molecule has 0 saturated carbocycles. The van der Waals surface area contributed by atoms with Crippen LogP contribution in [0.15, 0.2) is 35.4 Å². The van der Waals surface area contributed by atoms with E-state index in [4.69, 9.17) is 17.3 Å². The van der Waals surface area contributed by atoms with Gasteiger partial charge in [-0.3, -0.25) is 9.40 Å². The van der Waals surface area contributed by atoms with Crippen LogP contribution >= 0.6 is 11.6 Å². The normalized spacial score (nSPS) is 11.5. The number of benzene rings is 1. The van der Waals surface area contributed by atoms with Crippen LogP contribution in [0.2, 0.25) is 5.02 Å². The molecule has 0 bridgehead atoms. The van der Waals surface area contributed by atoms with E-state index >= 15 is 0 Å². The first-order chi connectivity index (χ1) is 8.92. The quantitative estimate of drug-likeness (QED) is 0.891. The van der Waals surface area contributed by atoms with E-state index in [1.807, 2.05) is 0 Å². The zero-order chi connectivity index (χ0) is 14.0. The van der Waals surface area contributed by atoms with Crippen molar-refractivity contribution in [3.63, 3.8) is 0 Å². The first-order valence-corrected chi connectivity index (χ1v) is 7.29. The number of hydrogen-bond acceptors (Lipinski definition) is 4. The van der Waals surface area contributed by atoms with Crippen LogP contribution in [0.5, 0.6) is 0 Å². The molecule has 1 aromatic carbocycles. The average Bonchev–Trinajstić information content (AvgIpc) is 2.73. The lowest BCUT2D eigenvalue weighted by Gasteiger charge is -2.08. The highest BCUT2D eigenvalue weighted by Crippen LogP contribution is 2.24. The standard InChI is InChI=1S/C11H13ClN4O2S/c1-16-5-4-11(14-16)15-19(17,18)10-3-2-8(7-13)6-9(10)12/h2-6H,7,13H2,1H3,(H,14,15). The number of nitrogens with two attached hydrogens (primary N) is 1. The zero-order valence-electron chi connectivity index (χ0n) is 10.2. The molecule has 0 atom stereocenters. The summed E-state index contributed by atoms with van der Waals surface area (Å²) in [5.74, 6) is 0.237. The highest BCUT2D eigenvalue weighted by atomic mass is 35.5. The lowest BCUT2D eigenvalue weighted by molar-refractivity contribution is 0.601. The van der Waals surface area contributed by atoms with E-state index in [0.29, 0.717) is 6.54 Å². The Morgan fingerprint density at radius 1 is 1.42 bits per heavy atom. The molecule has 0 fully saturated rings. The Kier molecular flexibility index (Phi) is 3.79. The fourth-order valence-electron chi connectivity index (χ4n) is 1.55. The number of aromatic nitrogens is 2. The van der Waals surface area contributed by atoms with Crippen molar-refractivity contribution in [2.45, 2.75) is 11.4 Å². The smallest absolute Gasteiger partial charge is 0.264 e. The van der Waals surface area contributed by atoms with Gasteiger partial charge in [-0.05, 0) is 17.7 Å². The summed E-state index contributed by atoms with van der Waals surface area (Å²) < 4.78 is 28.2. The summed E-state index contributed by atoms with van der Waals surface area (Å²) in [6.07, 6.45) is 1.64. The molecule has 19 heavy (non-hydrogen) atoms. The molecule has 3 N–H and O–H groups in total. The Labute approximate surface area is 116 Å². The Morgan fingerprint density at radius 2 is 2.16 bits per heavy atom. The molecule has 0 radical (unpaired) electrons. The molecule has 0 aliphatic rings. The average molecular weight is 301 g/mol. The van der Waals surface area contributed by atoms with Crippen LogP contribution in [0.25, 0.3) is 0 Å². The molecule has 2 aromatic rings. The Morgan fingerprint density at radius 3 is 2.68 bits per heavy atom. The van der Waals surface area contributed by atoms with Crippen LogP contribution in [-0.2, 0) is 23.6 Å². The minimum atomic E-state index is -3.75. The number of nitrogens with zero attached hydrogens (tertiary/aromatic N) is 2. The zero-order valence-corrected chi connectivity index (χ0v) is 11.7. The second-order valence-electron chi connectivity index (χ2n) is 3.95. The van der Waals surface area contributed by atoms with Gasteiger partial charge in [-0.15, -0.1) is 0 Å². The number of halogens is 1. The summed E-state index contributed by atoms with van der Waals surface area (Å²) in [5.41, 5.74) is 6.23. The third-order valence-corrected chi connectivity index (χ3v) is 4.31. The molecule has 0 aliphatic heterocycles. The van der Waals surface area contributed by atoms with Crippen LogP contribution in [0.1, 0.15) is 5.56 Å². The molecule has 1 aromatic heterocycles. The minimum Gasteiger partial charge on any atom is -0.326 e. The predicted molar refractivity (Wildman–Crippen MR) is 73.4 cm³/mol. The van der Waals surface area contributed by atoms with Gasteiger partial charge in [0.25, 0.3) is 10.0 Å². The van der Waals surface area contributed by atoms with Crippen molar-refractivity contribution < 1.29 is 8.42 Å². The second-order valence-corrected chi connectivity index (χ2v) is 6.01. The number of nitrogens with one attached hydrogen (secondary N) is 1. The summed E-state index contributed by atoms with van der Waals surface area (Å²) >= 11 is 5.96. The third kappa shape index (κ3) is 3.06. The van der Waals surface area contributed by atoms with E-state index in [1.54, 1.807) is 25.4 Å². The third-order valence-electron chi connectivity index (χ3n) is 2.47. The summed E-state index contributed by atoms with van der Waals surface area (Å²) in [7, 11) is -2.06. The fraction of sp³-hybridized carbons (Fsp3) is 0.182. The van der Waals surface area contributed by atoms with Crippen LogP contribution in [-0.4, -0.2) is 18.2 Å². The largest absolute Gasteiger partial charge is 0.326 e. The molecule has 1 heterocycles.